The first-order valence-corrected chi connectivity index (χ1v) is 6.25. The van der Waals surface area contributed by atoms with Crippen LogP contribution in [0.2, 0.25) is 0 Å². The molecular weight excluding hydrogens is 236 g/mol. The van der Waals surface area contributed by atoms with E-state index in [0.717, 1.165) is 33.6 Å². The molecule has 0 fully saturated rings. The van der Waals surface area contributed by atoms with Gasteiger partial charge in [-0.3, -0.25) is 0 Å². The van der Waals surface area contributed by atoms with E-state index in [1.165, 1.54) is 5.56 Å². The monoisotopic (exact) mass is 248 g/mol. The SMILES string of the molecule is COc1cc2c3c(cccc3c1)-c1ccccc1O2. The molecule has 0 N–H and O–H groups in total. The second-order valence-electron chi connectivity index (χ2n) is 4.63. The van der Waals surface area contributed by atoms with Crippen LogP contribution in [0.25, 0.3) is 21.9 Å². The van der Waals surface area contributed by atoms with Crippen molar-refractivity contribution in [2.45, 2.75) is 0 Å². The number of hydrogen-bond acceptors (Lipinski definition) is 2. The van der Waals surface area contributed by atoms with Crippen LogP contribution in [0.3, 0.4) is 0 Å². The van der Waals surface area contributed by atoms with Crippen LogP contribution in [0.4, 0.5) is 0 Å². The van der Waals surface area contributed by atoms with Crippen molar-refractivity contribution in [3.8, 4) is 28.4 Å². The van der Waals surface area contributed by atoms with E-state index in [1.54, 1.807) is 7.11 Å². The molecule has 4 rings (SSSR count). The smallest absolute Gasteiger partial charge is 0.139 e. The zero-order valence-electron chi connectivity index (χ0n) is 10.5. The number of para-hydroxylation sites is 1. The molecule has 92 valence electrons. The predicted molar refractivity (Wildman–Crippen MR) is 76.0 cm³/mol. The number of benzene rings is 3. The Kier molecular flexibility index (Phi) is 2.06. The highest BCUT2D eigenvalue weighted by atomic mass is 16.5. The van der Waals surface area contributed by atoms with Crippen molar-refractivity contribution in [1.82, 2.24) is 0 Å². The van der Waals surface area contributed by atoms with Gasteiger partial charge in [0.25, 0.3) is 0 Å². The maximum absolute atomic E-state index is 6.01. The summed E-state index contributed by atoms with van der Waals surface area (Å²) in [7, 11) is 1.68. The van der Waals surface area contributed by atoms with Gasteiger partial charge in [0.1, 0.15) is 17.2 Å². The Bertz CT molecular complexity index is 790. The number of ether oxygens (including phenoxy) is 2. The van der Waals surface area contributed by atoms with E-state index in [0.29, 0.717) is 0 Å². The van der Waals surface area contributed by atoms with Gasteiger partial charge in [0.05, 0.1) is 7.11 Å². The molecule has 0 bridgehead atoms. The quantitative estimate of drug-likeness (QED) is 0.489. The molecule has 0 aromatic heterocycles. The van der Waals surface area contributed by atoms with Crippen LogP contribution in [0.1, 0.15) is 0 Å². The molecule has 3 aromatic carbocycles. The first kappa shape index (κ1) is 10.4. The van der Waals surface area contributed by atoms with Crippen molar-refractivity contribution >= 4 is 10.8 Å². The van der Waals surface area contributed by atoms with Gasteiger partial charge in [0.2, 0.25) is 0 Å². The lowest BCUT2D eigenvalue weighted by Gasteiger charge is -2.21. The predicted octanol–water partition coefficient (Wildman–Crippen LogP) is 4.62. The zero-order valence-corrected chi connectivity index (χ0v) is 10.5. The Hall–Kier alpha value is -2.48. The maximum atomic E-state index is 6.01. The van der Waals surface area contributed by atoms with Crippen molar-refractivity contribution in [3.63, 3.8) is 0 Å². The fourth-order valence-corrected chi connectivity index (χ4v) is 2.68. The van der Waals surface area contributed by atoms with Gasteiger partial charge in [-0.15, -0.1) is 0 Å². The topological polar surface area (TPSA) is 18.5 Å². The Morgan fingerprint density at radius 1 is 0.842 bits per heavy atom. The van der Waals surface area contributed by atoms with Gasteiger partial charge < -0.3 is 9.47 Å². The Balaban J connectivity index is 2.14. The lowest BCUT2D eigenvalue weighted by Crippen LogP contribution is -1.97. The summed E-state index contributed by atoms with van der Waals surface area (Å²) in [5.41, 5.74) is 2.36. The van der Waals surface area contributed by atoms with E-state index in [2.05, 4.69) is 24.3 Å². The van der Waals surface area contributed by atoms with E-state index >= 15 is 0 Å². The average Bonchev–Trinajstić information content (AvgIpc) is 2.47. The van der Waals surface area contributed by atoms with Gasteiger partial charge in [0, 0.05) is 17.0 Å². The summed E-state index contributed by atoms with van der Waals surface area (Å²) in [6.07, 6.45) is 0. The molecule has 0 saturated heterocycles. The lowest BCUT2D eigenvalue weighted by molar-refractivity contribution is 0.410. The molecule has 2 nitrogen and oxygen atoms in total. The number of fused-ring (bicyclic) bond motifs is 2. The summed E-state index contributed by atoms with van der Waals surface area (Å²) in [4.78, 5) is 0. The van der Waals surface area contributed by atoms with E-state index in [4.69, 9.17) is 9.47 Å². The molecule has 0 aliphatic carbocycles. The molecule has 1 heterocycles. The molecule has 0 unspecified atom stereocenters. The highest BCUT2D eigenvalue weighted by Crippen LogP contribution is 2.47. The minimum atomic E-state index is 0.819. The minimum Gasteiger partial charge on any atom is -0.497 e. The molecule has 1 aliphatic heterocycles. The standard InChI is InChI=1S/C17H12O2/c1-18-12-9-11-5-4-7-14-13-6-2-3-8-15(13)19-16(10-12)17(11)14/h2-10H,1H3. The summed E-state index contributed by atoms with van der Waals surface area (Å²) >= 11 is 0. The lowest BCUT2D eigenvalue weighted by atomic mass is 9.95. The largest absolute Gasteiger partial charge is 0.497 e. The molecule has 0 spiro atoms. The van der Waals surface area contributed by atoms with Crippen LogP contribution < -0.4 is 9.47 Å². The molecule has 0 radical (unpaired) electrons. The molecule has 2 heteroatoms. The van der Waals surface area contributed by atoms with Crippen molar-refractivity contribution in [2.75, 3.05) is 7.11 Å². The van der Waals surface area contributed by atoms with Crippen molar-refractivity contribution in [2.24, 2.45) is 0 Å². The Morgan fingerprint density at radius 3 is 2.58 bits per heavy atom. The summed E-state index contributed by atoms with van der Waals surface area (Å²) in [6.45, 7) is 0. The van der Waals surface area contributed by atoms with Crippen molar-refractivity contribution < 1.29 is 9.47 Å². The second kappa shape index (κ2) is 3.75. The fraction of sp³-hybridized carbons (Fsp3) is 0.0588. The van der Waals surface area contributed by atoms with Crippen LogP contribution in [0.5, 0.6) is 17.2 Å². The molecule has 3 aromatic rings. The zero-order chi connectivity index (χ0) is 12.8. The molecule has 1 aliphatic rings. The molecule has 19 heavy (non-hydrogen) atoms. The fourth-order valence-electron chi connectivity index (χ4n) is 2.68. The molecular formula is C17H12O2. The minimum absolute atomic E-state index is 0.819. The van der Waals surface area contributed by atoms with Gasteiger partial charge >= 0.3 is 0 Å². The van der Waals surface area contributed by atoms with Gasteiger partial charge in [-0.1, -0.05) is 36.4 Å². The normalized spacial score (nSPS) is 11.8. The summed E-state index contributed by atoms with van der Waals surface area (Å²) in [5.74, 6) is 2.58. The highest BCUT2D eigenvalue weighted by molar-refractivity contribution is 6.04. The molecule has 0 atom stereocenters. The average molecular weight is 248 g/mol. The third-order valence-electron chi connectivity index (χ3n) is 3.55. The third-order valence-corrected chi connectivity index (χ3v) is 3.55. The van der Waals surface area contributed by atoms with Crippen molar-refractivity contribution in [1.29, 1.82) is 0 Å². The van der Waals surface area contributed by atoms with Crippen LogP contribution in [-0.2, 0) is 0 Å². The first-order chi connectivity index (χ1) is 9.36. The number of methoxy groups -OCH3 is 1. The van der Waals surface area contributed by atoms with E-state index in [9.17, 15) is 0 Å². The number of rotatable bonds is 1. The van der Waals surface area contributed by atoms with Crippen LogP contribution >= 0.6 is 0 Å². The second-order valence-corrected chi connectivity index (χ2v) is 4.63. The Labute approximate surface area is 111 Å². The van der Waals surface area contributed by atoms with Crippen LogP contribution in [0.15, 0.2) is 54.6 Å². The summed E-state index contributed by atoms with van der Waals surface area (Å²) in [5, 5.41) is 2.29. The Morgan fingerprint density at radius 2 is 1.68 bits per heavy atom. The summed E-state index contributed by atoms with van der Waals surface area (Å²) < 4.78 is 11.3. The van der Waals surface area contributed by atoms with E-state index in [-0.39, 0.29) is 0 Å². The van der Waals surface area contributed by atoms with Gasteiger partial charge in [0.15, 0.2) is 0 Å². The van der Waals surface area contributed by atoms with E-state index in [1.807, 2.05) is 30.3 Å². The highest BCUT2D eigenvalue weighted by Gasteiger charge is 2.19. The van der Waals surface area contributed by atoms with Crippen LogP contribution in [-0.4, -0.2) is 7.11 Å². The van der Waals surface area contributed by atoms with Gasteiger partial charge in [-0.25, -0.2) is 0 Å². The van der Waals surface area contributed by atoms with Crippen molar-refractivity contribution in [3.05, 3.63) is 54.6 Å². The third kappa shape index (κ3) is 1.43. The number of hydrogen-bond donors (Lipinski definition) is 0. The molecule has 0 saturated carbocycles. The van der Waals surface area contributed by atoms with E-state index < -0.39 is 0 Å². The molecule has 0 amide bonds. The summed E-state index contributed by atoms with van der Waals surface area (Å²) in [6, 6.07) is 18.4. The van der Waals surface area contributed by atoms with Gasteiger partial charge in [-0.2, -0.15) is 0 Å². The maximum Gasteiger partial charge on any atom is 0.139 e. The van der Waals surface area contributed by atoms with Crippen LogP contribution in [0, 0.1) is 0 Å². The first-order valence-electron chi connectivity index (χ1n) is 6.25. The van der Waals surface area contributed by atoms with Gasteiger partial charge in [-0.05, 0) is 23.1 Å².